The van der Waals surface area contributed by atoms with E-state index < -0.39 is 18.0 Å². The fraction of sp³-hybridized carbons (Fsp3) is 0.250. The van der Waals surface area contributed by atoms with Crippen molar-refractivity contribution >= 4 is 28.7 Å². The molecule has 1 heterocycles. The molecule has 1 amide bonds. The van der Waals surface area contributed by atoms with E-state index in [-0.39, 0.29) is 18.1 Å². The Kier molecular flexibility index (Phi) is 6.65. The van der Waals surface area contributed by atoms with Crippen molar-refractivity contribution in [1.29, 1.82) is 0 Å². The lowest BCUT2D eigenvalue weighted by molar-refractivity contribution is -0.146. The molecule has 0 saturated carbocycles. The molecule has 3 aromatic rings. The number of methoxy groups -OCH3 is 1. The number of nitrogens with zero attached hydrogens (tertiary/aromatic N) is 1. The number of nitrogens with one attached hydrogen (secondary N) is 1. The quantitative estimate of drug-likeness (QED) is 0.614. The van der Waals surface area contributed by atoms with Crippen LogP contribution in [0.15, 0.2) is 48.5 Å². The Bertz CT molecular complexity index is 1160. The SMILES string of the molecule is COC(=O)c1c(COC(=O)[C@H](C)NC(=O)c2cccc(C)c2)nc2ccccc2c1C. The zero-order valence-electron chi connectivity index (χ0n) is 17.9. The van der Waals surface area contributed by atoms with Crippen LogP contribution in [-0.4, -0.2) is 36.0 Å². The molecule has 1 aromatic heterocycles. The molecule has 0 saturated heterocycles. The minimum absolute atomic E-state index is 0.223. The largest absolute Gasteiger partial charge is 0.465 e. The standard InChI is InChI=1S/C24H24N2O5/c1-14-8-7-9-17(12-14)22(27)25-16(3)23(28)31-13-20-21(24(29)30-4)15(2)18-10-5-6-11-19(18)26-20/h5-12,16H,13H2,1-4H3,(H,25,27)/t16-/m0/s1. The van der Waals surface area contributed by atoms with Gasteiger partial charge in [0.25, 0.3) is 5.91 Å². The molecule has 0 fully saturated rings. The van der Waals surface area contributed by atoms with E-state index in [1.165, 1.54) is 14.0 Å². The van der Waals surface area contributed by atoms with Gasteiger partial charge in [-0.1, -0.05) is 35.9 Å². The first kappa shape index (κ1) is 22.0. The predicted octanol–water partition coefficient (Wildman–Crippen LogP) is 3.50. The highest BCUT2D eigenvalue weighted by atomic mass is 16.5. The number of carbonyl (C=O) groups excluding carboxylic acids is 3. The van der Waals surface area contributed by atoms with Crippen LogP contribution in [-0.2, 0) is 20.9 Å². The molecule has 31 heavy (non-hydrogen) atoms. The Morgan fingerprint density at radius 2 is 1.81 bits per heavy atom. The molecule has 0 spiro atoms. The average Bonchev–Trinajstić information content (AvgIpc) is 2.77. The Hall–Kier alpha value is -3.74. The van der Waals surface area contributed by atoms with Crippen molar-refractivity contribution < 1.29 is 23.9 Å². The summed E-state index contributed by atoms with van der Waals surface area (Å²) in [6.45, 7) is 4.99. The van der Waals surface area contributed by atoms with Gasteiger partial charge in [-0.25, -0.2) is 14.6 Å². The van der Waals surface area contributed by atoms with Crippen LogP contribution in [0.2, 0.25) is 0 Å². The van der Waals surface area contributed by atoms with Gasteiger partial charge in [-0.05, 0) is 44.5 Å². The molecule has 7 heteroatoms. The van der Waals surface area contributed by atoms with Gasteiger partial charge >= 0.3 is 11.9 Å². The number of pyridine rings is 1. The van der Waals surface area contributed by atoms with Crippen molar-refractivity contribution in [3.63, 3.8) is 0 Å². The highest BCUT2D eigenvalue weighted by Gasteiger charge is 2.23. The van der Waals surface area contributed by atoms with Crippen molar-refractivity contribution in [2.24, 2.45) is 0 Å². The van der Waals surface area contributed by atoms with E-state index in [1.54, 1.807) is 25.1 Å². The summed E-state index contributed by atoms with van der Waals surface area (Å²) in [6, 6.07) is 13.6. The summed E-state index contributed by atoms with van der Waals surface area (Å²) in [4.78, 5) is 41.7. The van der Waals surface area contributed by atoms with Gasteiger partial charge in [-0.2, -0.15) is 0 Å². The third-order valence-electron chi connectivity index (χ3n) is 4.95. The van der Waals surface area contributed by atoms with E-state index in [4.69, 9.17) is 9.47 Å². The van der Waals surface area contributed by atoms with E-state index in [9.17, 15) is 14.4 Å². The number of amides is 1. The topological polar surface area (TPSA) is 94.6 Å². The highest BCUT2D eigenvalue weighted by Crippen LogP contribution is 2.24. The fourth-order valence-corrected chi connectivity index (χ4v) is 3.31. The van der Waals surface area contributed by atoms with Crippen LogP contribution in [0.1, 0.15) is 44.5 Å². The molecule has 0 bridgehead atoms. The Balaban J connectivity index is 1.76. The number of aromatic nitrogens is 1. The summed E-state index contributed by atoms with van der Waals surface area (Å²) >= 11 is 0. The first-order chi connectivity index (χ1) is 14.8. The maximum atomic E-state index is 12.5. The van der Waals surface area contributed by atoms with E-state index >= 15 is 0 Å². The number of hydrogen-bond acceptors (Lipinski definition) is 6. The van der Waals surface area contributed by atoms with Gasteiger partial charge in [0.2, 0.25) is 0 Å². The lowest BCUT2D eigenvalue weighted by atomic mass is 10.0. The minimum atomic E-state index is -0.879. The molecule has 7 nitrogen and oxygen atoms in total. The molecule has 1 N–H and O–H groups in total. The van der Waals surface area contributed by atoms with Crippen LogP contribution in [0, 0.1) is 13.8 Å². The van der Waals surface area contributed by atoms with Gasteiger partial charge in [0.05, 0.1) is 23.9 Å². The summed E-state index contributed by atoms with van der Waals surface area (Å²) in [6.07, 6.45) is 0. The number of para-hydroxylation sites is 1. The van der Waals surface area contributed by atoms with Gasteiger partial charge < -0.3 is 14.8 Å². The summed E-state index contributed by atoms with van der Waals surface area (Å²) in [5.74, 6) is -1.56. The molecule has 3 rings (SSSR count). The number of ether oxygens (including phenoxy) is 2. The van der Waals surface area contributed by atoms with E-state index in [1.807, 2.05) is 37.3 Å². The molecular formula is C24H24N2O5. The molecule has 0 aliphatic rings. The monoisotopic (exact) mass is 420 g/mol. The Labute approximate surface area is 180 Å². The molecule has 2 aromatic carbocycles. The van der Waals surface area contributed by atoms with Crippen LogP contribution in [0.4, 0.5) is 0 Å². The lowest BCUT2D eigenvalue weighted by Gasteiger charge is -2.16. The van der Waals surface area contributed by atoms with E-state index in [2.05, 4.69) is 10.3 Å². The third-order valence-corrected chi connectivity index (χ3v) is 4.95. The molecule has 0 unspecified atom stereocenters. The molecule has 1 atom stereocenters. The zero-order chi connectivity index (χ0) is 22.5. The lowest BCUT2D eigenvalue weighted by Crippen LogP contribution is -2.39. The molecule has 0 radical (unpaired) electrons. The van der Waals surface area contributed by atoms with Crippen molar-refractivity contribution in [1.82, 2.24) is 10.3 Å². The third kappa shape index (κ3) is 4.88. The summed E-state index contributed by atoms with van der Waals surface area (Å²) in [5.41, 5.74) is 3.35. The molecule has 160 valence electrons. The van der Waals surface area contributed by atoms with Crippen molar-refractivity contribution in [3.05, 3.63) is 76.5 Å². The Morgan fingerprint density at radius 3 is 2.52 bits per heavy atom. The summed E-state index contributed by atoms with van der Waals surface area (Å²) in [5, 5.41) is 3.44. The van der Waals surface area contributed by atoms with Crippen LogP contribution in [0.5, 0.6) is 0 Å². The van der Waals surface area contributed by atoms with Crippen LogP contribution < -0.4 is 5.32 Å². The normalized spacial score (nSPS) is 11.6. The minimum Gasteiger partial charge on any atom is -0.465 e. The number of rotatable bonds is 6. The van der Waals surface area contributed by atoms with Gasteiger partial charge in [-0.3, -0.25) is 4.79 Å². The fourth-order valence-electron chi connectivity index (χ4n) is 3.31. The van der Waals surface area contributed by atoms with Crippen molar-refractivity contribution in [2.45, 2.75) is 33.4 Å². The van der Waals surface area contributed by atoms with Crippen molar-refractivity contribution in [3.8, 4) is 0 Å². The second kappa shape index (κ2) is 9.38. The second-order valence-electron chi connectivity index (χ2n) is 7.24. The summed E-state index contributed by atoms with van der Waals surface area (Å²) in [7, 11) is 1.29. The number of esters is 2. The number of fused-ring (bicyclic) bond motifs is 1. The van der Waals surface area contributed by atoms with Crippen molar-refractivity contribution in [2.75, 3.05) is 7.11 Å². The van der Waals surface area contributed by atoms with E-state index in [0.29, 0.717) is 22.3 Å². The van der Waals surface area contributed by atoms with Gasteiger partial charge in [0.1, 0.15) is 12.6 Å². The van der Waals surface area contributed by atoms with Gasteiger partial charge in [-0.15, -0.1) is 0 Å². The first-order valence-corrected chi connectivity index (χ1v) is 9.82. The van der Waals surface area contributed by atoms with Crippen LogP contribution >= 0.6 is 0 Å². The molecular weight excluding hydrogens is 396 g/mol. The zero-order valence-corrected chi connectivity index (χ0v) is 17.9. The van der Waals surface area contributed by atoms with Gasteiger partial charge in [0.15, 0.2) is 0 Å². The smallest absolute Gasteiger partial charge is 0.340 e. The second-order valence-corrected chi connectivity index (χ2v) is 7.24. The highest BCUT2D eigenvalue weighted by molar-refractivity contribution is 5.98. The number of benzene rings is 2. The number of carbonyl (C=O) groups is 3. The molecule has 0 aliphatic heterocycles. The number of aryl methyl sites for hydroxylation is 2. The van der Waals surface area contributed by atoms with Crippen LogP contribution in [0.25, 0.3) is 10.9 Å². The Morgan fingerprint density at radius 1 is 1.06 bits per heavy atom. The van der Waals surface area contributed by atoms with Crippen LogP contribution in [0.3, 0.4) is 0 Å². The number of hydrogen-bond donors (Lipinski definition) is 1. The molecule has 0 aliphatic carbocycles. The first-order valence-electron chi connectivity index (χ1n) is 9.82. The maximum Gasteiger partial charge on any atom is 0.340 e. The summed E-state index contributed by atoms with van der Waals surface area (Å²) < 4.78 is 10.3. The maximum absolute atomic E-state index is 12.5. The predicted molar refractivity (Wildman–Crippen MR) is 116 cm³/mol. The van der Waals surface area contributed by atoms with E-state index in [0.717, 1.165) is 10.9 Å². The average molecular weight is 420 g/mol. The van der Waals surface area contributed by atoms with Gasteiger partial charge in [0, 0.05) is 10.9 Å².